The molecule has 1 aliphatic carbocycles. The van der Waals surface area contributed by atoms with Crippen LogP contribution in [0.4, 0.5) is 0 Å². The van der Waals surface area contributed by atoms with E-state index in [1.54, 1.807) is 6.07 Å². The van der Waals surface area contributed by atoms with Gasteiger partial charge in [0.15, 0.2) is 5.82 Å². The predicted molar refractivity (Wildman–Crippen MR) is 96.3 cm³/mol. The van der Waals surface area contributed by atoms with Crippen LogP contribution >= 0.6 is 35.6 Å². The number of hydrogen-bond acceptors (Lipinski definition) is 5. The van der Waals surface area contributed by atoms with Gasteiger partial charge in [0, 0.05) is 35.6 Å². The molecule has 0 bridgehead atoms. The second-order valence-electron chi connectivity index (χ2n) is 6.34. The van der Waals surface area contributed by atoms with Crippen molar-refractivity contribution in [3.05, 3.63) is 45.5 Å². The molecule has 1 saturated heterocycles. The largest absolute Gasteiger partial charge is 0.339 e. The summed E-state index contributed by atoms with van der Waals surface area (Å²) in [7, 11) is 2.09. The average Bonchev–Trinajstić information content (AvgIpc) is 3.17. The van der Waals surface area contributed by atoms with Crippen molar-refractivity contribution in [1.29, 1.82) is 0 Å². The predicted octanol–water partition coefficient (Wildman–Crippen LogP) is 3.65. The molecule has 4 rings (SSSR count). The quantitative estimate of drug-likeness (QED) is 0.868. The molecule has 1 N–H and O–H groups in total. The van der Waals surface area contributed by atoms with Gasteiger partial charge in [0.2, 0.25) is 5.89 Å². The molecule has 8 heteroatoms. The fraction of sp³-hybridized carbons (Fsp3) is 0.500. The van der Waals surface area contributed by atoms with E-state index in [0.717, 1.165) is 43.3 Å². The highest BCUT2D eigenvalue weighted by Crippen LogP contribution is 2.54. The summed E-state index contributed by atoms with van der Waals surface area (Å²) in [5.41, 5.74) is 1.14. The lowest BCUT2D eigenvalue weighted by atomic mass is 10.1. The number of hydrogen-bond donors (Lipinski definition) is 1. The van der Waals surface area contributed by atoms with Gasteiger partial charge in [0.1, 0.15) is 0 Å². The van der Waals surface area contributed by atoms with E-state index in [1.807, 2.05) is 12.1 Å². The first-order valence-corrected chi connectivity index (χ1v) is 8.58. The molecular formula is C16H19Cl3N4O. The van der Waals surface area contributed by atoms with Crippen LogP contribution in [-0.2, 0) is 0 Å². The van der Waals surface area contributed by atoms with Crippen LogP contribution < -0.4 is 5.32 Å². The van der Waals surface area contributed by atoms with Gasteiger partial charge >= 0.3 is 0 Å². The number of rotatable bonds is 3. The summed E-state index contributed by atoms with van der Waals surface area (Å²) in [5, 5.41) is 8.90. The molecule has 0 spiro atoms. The third-order valence-corrected chi connectivity index (χ3v) is 5.12. The summed E-state index contributed by atoms with van der Waals surface area (Å²) in [6.07, 6.45) is 0.997. The Labute approximate surface area is 157 Å². The molecule has 2 fully saturated rings. The van der Waals surface area contributed by atoms with E-state index in [4.69, 9.17) is 27.7 Å². The zero-order valence-corrected chi connectivity index (χ0v) is 15.5. The Morgan fingerprint density at radius 1 is 1.21 bits per heavy atom. The molecule has 2 heterocycles. The van der Waals surface area contributed by atoms with Gasteiger partial charge in [-0.1, -0.05) is 28.4 Å². The van der Waals surface area contributed by atoms with E-state index >= 15 is 0 Å². The number of piperazine rings is 1. The van der Waals surface area contributed by atoms with Crippen molar-refractivity contribution < 1.29 is 4.52 Å². The molecule has 5 nitrogen and oxygen atoms in total. The molecule has 0 radical (unpaired) electrons. The SMILES string of the molecule is CN1CCNCC1c1noc(C2CC2c2cc(Cl)cc(Cl)c2)n1.Cl. The van der Waals surface area contributed by atoms with Gasteiger partial charge in [-0.15, -0.1) is 12.4 Å². The lowest BCUT2D eigenvalue weighted by Gasteiger charge is -2.30. The number of likely N-dealkylation sites (N-methyl/N-ethyl adjacent to an activating group) is 1. The maximum atomic E-state index is 6.09. The minimum atomic E-state index is 0. The third kappa shape index (κ3) is 3.55. The van der Waals surface area contributed by atoms with E-state index in [9.17, 15) is 0 Å². The number of nitrogens with zero attached hydrogens (tertiary/aromatic N) is 3. The molecular weight excluding hydrogens is 371 g/mol. The van der Waals surface area contributed by atoms with Crippen molar-refractivity contribution in [2.75, 3.05) is 26.7 Å². The van der Waals surface area contributed by atoms with Crippen LogP contribution in [0, 0.1) is 0 Å². The van der Waals surface area contributed by atoms with Gasteiger partial charge in [-0.2, -0.15) is 4.98 Å². The molecule has 1 aliphatic heterocycles. The first kappa shape index (κ1) is 18.0. The Balaban J connectivity index is 0.00000169. The highest BCUT2D eigenvalue weighted by Gasteiger charge is 2.44. The molecule has 2 aromatic rings. The van der Waals surface area contributed by atoms with E-state index in [0.29, 0.717) is 16.0 Å². The Kier molecular flexibility index (Phi) is 5.37. The summed E-state index contributed by atoms with van der Waals surface area (Å²) >= 11 is 12.2. The van der Waals surface area contributed by atoms with Crippen molar-refractivity contribution in [3.8, 4) is 0 Å². The minimum Gasteiger partial charge on any atom is -0.339 e. The third-order valence-electron chi connectivity index (χ3n) is 4.69. The molecule has 0 amide bonds. The second-order valence-corrected chi connectivity index (χ2v) is 7.22. The summed E-state index contributed by atoms with van der Waals surface area (Å²) in [4.78, 5) is 6.90. The average molecular weight is 390 g/mol. The van der Waals surface area contributed by atoms with Crippen LogP contribution in [0.5, 0.6) is 0 Å². The fourth-order valence-electron chi connectivity index (χ4n) is 3.25. The van der Waals surface area contributed by atoms with Gasteiger partial charge in [0.05, 0.1) is 6.04 Å². The second kappa shape index (κ2) is 7.18. The lowest BCUT2D eigenvalue weighted by molar-refractivity contribution is 0.190. The van der Waals surface area contributed by atoms with E-state index in [1.165, 1.54) is 0 Å². The maximum Gasteiger partial charge on any atom is 0.230 e. The van der Waals surface area contributed by atoms with Gasteiger partial charge in [-0.05, 0) is 43.1 Å². The standard InChI is InChI=1S/C16H18Cl2N4O.ClH/c1-22-3-2-19-8-14(22)15-20-16(23-21-15)13-7-12(13)9-4-10(17)6-11(18)5-9;/h4-6,12-14,19H,2-3,7-8H2,1H3;1H. The Morgan fingerprint density at radius 2 is 1.96 bits per heavy atom. The van der Waals surface area contributed by atoms with E-state index in [2.05, 4.69) is 27.4 Å². The van der Waals surface area contributed by atoms with Crippen LogP contribution in [0.1, 0.15) is 41.6 Å². The lowest BCUT2D eigenvalue weighted by Crippen LogP contribution is -2.44. The minimum absolute atomic E-state index is 0. The summed E-state index contributed by atoms with van der Waals surface area (Å²) in [6.45, 7) is 2.84. The molecule has 2 aliphatic rings. The van der Waals surface area contributed by atoms with Crippen molar-refractivity contribution in [2.24, 2.45) is 0 Å². The first-order chi connectivity index (χ1) is 11.1. The van der Waals surface area contributed by atoms with Crippen LogP contribution in [0.15, 0.2) is 22.7 Å². The Bertz CT molecular complexity index is 703. The van der Waals surface area contributed by atoms with Gasteiger partial charge in [-0.3, -0.25) is 4.90 Å². The Hall–Kier alpha value is -0.850. The highest BCUT2D eigenvalue weighted by atomic mass is 35.5. The zero-order chi connectivity index (χ0) is 16.0. The maximum absolute atomic E-state index is 6.09. The first-order valence-electron chi connectivity index (χ1n) is 7.82. The van der Waals surface area contributed by atoms with Crippen LogP contribution in [-0.4, -0.2) is 41.7 Å². The Morgan fingerprint density at radius 3 is 2.67 bits per heavy atom. The smallest absolute Gasteiger partial charge is 0.230 e. The molecule has 3 atom stereocenters. The number of nitrogens with one attached hydrogen (secondary N) is 1. The molecule has 130 valence electrons. The van der Waals surface area contributed by atoms with Crippen LogP contribution in [0.3, 0.4) is 0 Å². The molecule has 1 aromatic carbocycles. The zero-order valence-electron chi connectivity index (χ0n) is 13.2. The normalized spacial score (nSPS) is 26.9. The number of aromatic nitrogens is 2. The van der Waals surface area contributed by atoms with Crippen LogP contribution in [0.25, 0.3) is 0 Å². The molecule has 24 heavy (non-hydrogen) atoms. The van der Waals surface area contributed by atoms with Gasteiger partial charge in [-0.25, -0.2) is 0 Å². The van der Waals surface area contributed by atoms with Crippen molar-refractivity contribution in [3.63, 3.8) is 0 Å². The van der Waals surface area contributed by atoms with Gasteiger partial charge < -0.3 is 9.84 Å². The highest BCUT2D eigenvalue weighted by molar-refractivity contribution is 6.34. The monoisotopic (exact) mass is 388 g/mol. The summed E-state index contributed by atoms with van der Waals surface area (Å²) in [6, 6.07) is 5.86. The number of halogens is 3. The van der Waals surface area contributed by atoms with Crippen molar-refractivity contribution >= 4 is 35.6 Å². The van der Waals surface area contributed by atoms with Crippen LogP contribution in [0.2, 0.25) is 10.0 Å². The fourth-order valence-corrected chi connectivity index (χ4v) is 3.80. The van der Waals surface area contributed by atoms with Crippen molar-refractivity contribution in [2.45, 2.75) is 24.3 Å². The topological polar surface area (TPSA) is 54.2 Å². The molecule has 3 unspecified atom stereocenters. The molecule has 1 aromatic heterocycles. The molecule has 1 saturated carbocycles. The summed E-state index contributed by atoms with van der Waals surface area (Å²) in [5.74, 6) is 2.12. The number of benzene rings is 1. The van der Waals surface area contributed by atoms with E-state index < -0.39 is 0 Å². The van der Waals surface area contributed by atoms with Crippen molar-refractivity contribution in [1.82, 2.24) is 20.4 Å². The van der Waals surface area contributed by atoms with E-state index in [-0.39, 0.29) is 24.4 Å². The van der Waals surface area contributed by atoms with Gasteiger partial charge in [0.25, 0.3) is 0 Å². The summed E-state index contributed by atoms with van der Waals surface area (Å²) < 4.78 is 5.52.